The molecular formula is C10H20N2O. The molecule has 1 aliphatic rings. The molecule has 1 aliphatic carbocycles. The van der Waals surface area contributed by atoms with Gasteiger partial charge in [0.1, 0.15) is 0 Å². The Morgan fingerprint density at radius 2 is 2.15 bits per heavy atom. The fraction of sp³-hybridized carbons (Fsp3) is 0.900. The SMILES string of the molecule is CC1CC1NCCCC(=O)N(C)C. The summed E-state index contributed by atoms with van der Waals surface area (Å²) < 4.78 is 0. The van der Waals surface area contributed by atoms with Gasteiger partial charge in [-0.05, 0) is 25.3 Å². The molecule has 0 aromatic rings. The molecule has 0 aliphatic heterocycles. The van der Waals surface area contributed by atoms with E-state index in [1.165, 1.54) is 6.42 Å². The zero-order valence-corrected chi connectivity index (χ0v) is 8.84. The minimum Gasteiger partial charge on any atom is -0.349 e. The highest BCUT2D eigenvalue weighted by Crippen LogP contribution is 2.28. The molecule has 0 aromatic heterocycles. The van der Waals surface area contributed by atoms with Crippen molar-refractivity contribution < 1.29 is 4.79 Å². The number of carbonyl (C=O) groups excluding carboxylic acids is 1. The monoisotopic (exact) mass is 184 g/mol. The normalized spacial score (nSPS) is 25.8. The van der Waals surface area contributed by atoms with Crippen molar-refractivity contribution in [1.29, 1.82) is 0 Å². The van der Waals surface area contributed by atoms with Crippen LogP contribution in [0.5, 0.6) is 0 Å². The third kappa shape index (κ3) is 3.77. The van der Waals surface area contributed by atoms with Crippen LogP contribution in [0.1, 0.15) is 26.2 Å². The molecule has 0 radical (unpaired) electrons. The fourth-order valence-electron chi connectivity index (χ4n) is 1.36. The van der Waals surface area contributed by atoms with Crippen LogP contribution in [0.25, 0.3) is 0 Å². The van der Waals surface area contributed by atoms with Gasteiger partial charge in [-0.2, -0.15) is 0 Å². The maximum atomic E-state index is 11.2. The zero-order valence-electron chi connectivity index (χ0n) is 8.84. The molecule has 0 bridgehead atoms. The van der Waals surface area contributed by atoms with Crippen LogP contribution >= 0.6 is 0 Å². The molecule has 3 heteroatoms. The van der Waals surface area contributed by atoms with E-state index in [-0.39, 0.29) is 5.91 Å². The van der Waals surface area contributed by atoms with Gasteiger partial charge in [0.2, 0.25) is 5.91 Å². The highest BCUT2D eigenvalue weighted by Gasteiger charge is 2.31. The summed E-state index contributed by atoms with van der Waals surface area (Å²) in [4.78, 5) is 12.8. The lowest BCUT2D eigenvalue weighted by molar-refractivity contribution is -0.128. The van der Waals surface area contributed by atoms with Gasteiger partial charge in [0.15, 0.2) is 0 Å². The van der Waals surface area contributed by atoms with E-state index in [0.717, 1.165) is 24.9 Å². The number of hydrogen-bond acceptors (Lipinski definition) is 2. The van der Waals surface area contributed by atoms with E-state index in [1.54, 1.807) is 19.0 Å². The van der Waals surface area contributed by atoms with Crippen LogP contribution in [0.4, 0.5) is 0 Å². The smallest absolute Gasteiger partial charge is 0.222 e. The molecule has 1 fully saturated rings. The number of nitrogens with zero attached hydrogens (tertiary/aromatic N) is 1. The van der Waals surface area contributed by atoms with Gasteiger partial charge in [0.05, 0.1) is 0 Å². The van der Waals surface area contributed by atoms with E-state index in [1.807, 2.05) is 0 Å². The van der Waals surface area contributed by atoms with Gasteiger partial charge in [-0.25, -0.2) is 0 Å². The maximum absolute atomic E-state index is 11.2. The van der Waals surface area contributed by atoms with Crippen molar-refractivity contribution in [3.63, 3.8) is 0 Å². The Labute approximate surface area is 80.5 Å². The summed E-state index contributed by atoms with van der Waals surface area (Å²) in [6.07, 6.45) is 2.93. The molecular weight excluding hydrogens is 164 g/mol. The Bertz CT molecular complexity index is 180. The summed E-state index contributed by atoms with van der Waals surface area (Å²) in [5, 5.41) is 3.43. The Balaban J connectivity index is 1.92. The largest absolute Gasteiger partial charge is 0.349 e. The van der Waals surface area contributed by atoms with Gasteiger partial charge >= 0.3 is 0 Å². The van der Waals surface area contributed by atoms with Gasteiger partial charge in [-0.1, -0.05) is 6.92 Å². The first-order valence-corrected chi connectivity index (χ1v) is 5.05. The topological polar surface area (TPSA) is 32.3 Å². The predicted octanol–water partition coefficient (Wildman–Crippen LogP) is 0.853. The van der Waals surface area contributed by atoms with Crippen molar-refractivity contribution in [2.24, 2.45) is 5.92 Å². The first-order chi connectivity index (χ1) is 6.11. The summed E-state index contributed by atoms with van der Waals surface area (Å²) in [5.74, 6) is 1.08. The van der Waals surface area contributed by atoms with Gasteiger partial charge in [-0.3, -0.25) is 4.79 Å². The first kappa shape index (κ1) is 10.5. The van der Waals surface area contributed by atoms with Gasteiger partial charge in [0, 0.05) is 26.6 Å². The van der Waals surface area contributed by atoms with Crippen LogP contribution in [-0.4, -0.2) is 37.5 Å². The molecule has 1 rings (SSSR count). The molecule has 2 atom stereocenters. The molecule has 13 heavy (non-hydrogen) atoms. The van der Waals surface area contributed by atoms with Crippen LogP contribution in [0.2, 0.25) is 0 Å². The number of nitrogens with one attached hydrogen (secondary N) is 1. The fourth-order valence-corrected chi connectivity index (χ4v) is 1.36. The van der Waals surface area contributed by atoms with Crippen molar-refractivity contribution in [2.75, 3.05) is 20.6 Å². The van der Waals surface area contributed by atoms with Crippen molar-refractivity contribution in [1.82, 2.24) is 10.2 Å². The highest BCUT2D eigenvalue weighted by molar-refractivity contribution is 5.75. The molecule has 1 saturated carbocycles. The minimum atomic E-state index is 0.227. The van der Waals surface area contributed by atoms with Crippen LogP contribution in [-0.2, 0) is 4.79 Å². The first-order valence-electron chi connectivity index (χ1n) is 5.05. The summed E-state index contributed by atoms with van der Waals surface area (Å²) in [6, 6.07) is 0.731. The molecule has 0 saturated heterocycles. The Hall–Kier alpha value is -0.570. The lowest BCUT2D eigenvalue weighted by Crippen LogP contribution is -2.24. The third-order valence-electron chi connectivity index (χ3n) is 2.58. The minimum absolute atomic E-state index is 0.227. The molecule has 2 unspecified atom stereocenters. The number of hydrogen-bond donors (Lipinski definition) is 1. The number of rotatable bonds is 5. The zero-order chi connectivity index (χ0) is 9.84. The molecule has 1 amide bonds. The standard InChI is InChI=1S/C10H20N2O/c1-8-7-9(8)11-6-4-5-10(13)12(2)3/h8-9,11H,4-7H2,1-3H3. The molecule has 76 valence electrons. The average Bonchev–Trinajstić information content (AvgIpc) is 2.75. The molecule has 3 nitrogen and oxygen atoms in total. The molecule has 0 spiro atoms. The second-order valence-corrected chi connectivity index (χ2v) is 4.17. The molecule has 0 heterocycles. The van der Waals surface area contributed by atoms with E-state index in [0.29, 0.717) is 6.42 Å². The van der Waals surface area contributed by atoms with Gasteiger partial charge in [-0.15, -0.1) is 0 Å². The van der Waals surface area contributed by atoms with Gasteiger partial charge < -0.3 is 10.2 Å². The second-order valence-electron chi connectivity index (χ2n) is 4.17. The van der Waals surface area contributed by atoms with Crippen molar-refractivity contribution >= 4 is 5.91 Å². The average molecular weight is 184 g/mol. The van der Waals surface area contributed by atoms with Crippen molar-refractivity contribution in [2.45, 2.75) is 32.2 Å². The van der Waals surface area contributed by atoms with Crippen LogP contribution in [0, 0.1) is 5.92 Å². The lowest BCUT2D eigenvalue weighted by atomic mass is 10.3. The van der Waals surface area contributed by atoms with E-state index >= 15 is 0 Å². The molecule has 1 N–H and O–H groups in total. The summed E-state index contributed by atoms with van der Waals surface area (Å²) in [7, 11) is 3.61. The Morgan fingerprint density at radius 1 is 1.54 bits per heavy atom. The van der Waals surface area contributed by atoms with Gasteiger partial charge in [0.25, 0.3) is 0 Å². The van der Waals surface area contributed by atoms with Crippen LogP contribution < -0.4 is 5.32 Å². The summed E-state index contributed by atoms with van der Waals surface area (Å²) in [5.41, 5.74) is 0. The summed E-state index contributed by atoms with van der Waals surface area (Å²) >= 11 is 0. The number of amides is 1. The van der Waals surface area contributed by atoms with Crippen LogP contribution in [0.3, 0.4) is 0 Å². The van der Waals surface area contributed by atoms with E-state index in [9.17, 15) is 4.79 Å². The molecule has 0 aromatic carbocycles. The number of carbonyl (C=O) groups is 1. The Morgan fingerprint density at radius 3 is 2.62 bits per heavy atom. The van der Waals surface area contributed by atoms with Crippen LogP contribution in [0.15, 0.2) is 0 Å². The maximum Gasteiger partial charge on any atom is 0.222 e. The summed E-state index contributed by atoms with van der Waals surface area (Å²) in [6.45, 7) is 3.23. The lowest BCUT2D eigenvalue weighted by Gasteiger charge is -2.09. The van der Waals surface area contributed by atoms with E-state index < -0.39 is 0 Å². The van der Waals surface area contributed by atoms with Crippen molar-refractivity contribution in [3.05, 3.63) is 0 Å². The van der Waals surface area contributed by atoms with E-state index in [2.05, 4.69) is 12.2 Å². The predicted molar refractivity (Wildman–Crippen MR) is 53.5 cm³/mol. The quantitative estimate of drug-likeness (QED) is 0.643. The second kappa shape index (κ2) is 4.61. The third-order valence-corrected chi connectivity index (χ3v) is 2.58. The van der Waals surface area contributed by atoms with E-state index in [4.69, 9.17) is 0 Å². The van der Waals surface area contributed by atoms with Crippen molar-refractivity contribution in [3.8, 4) is 0 Å². The Kier molecular flexibility index (Phi) is 3.72. The highest BCUT2D eigenvalue weighted by atomic mass is 16.2.